The summed E-state index contributed by atoms with van der Waals surface area (Å²) < 4.78 is 5.22. The molecule has 112 valence electrons. The Bertz CT molecular complexity index is 942. The van der Waals surface area contributed by atoms with Crippen LogP contribution in [0.4, 0.5) is 0 Å². The summed E-state index contributed by atoms with van der Waals surface area (Å²) in [7, 11) is 1.25. The van der Waals surface area contributed by atoms with E-state index in [0.717, 1.165) is 15.6 Å². The lowest BCUT2D eigenvalue weighted by molar-refractivity contribution is -0.139. The lowest BCUT2D eigenvalue weighted by Crippen LogP contribution is -2.29. The number of hydrogen-bond donors (Lipinski definition) is 2. The number of para-hydroxylation sites is 1. The highest BCUT2D eigenvalue weighted by molar-refractivity contribution is 7.21. The van der Waals surface area contributed by atoms with E-state index in [1.54, 1.807) is 0 Å². The van der Waals surface area contributed by atoms with E-state index in [4.69, 9.17) is 0 Å². The predicted molar refractivity (Wildman–Crippen MR) is 84.3 cm³/mol. The SMILES string of the molecule is COC(=O)CNC(=O)c1cc2c(=O)[nH]c3ccccc3c2s1. The molecule has 0 saturated heterocycles. The minimum Gasteiger partial charge on any atom is -0.468 e. The number of carbonyl (C=O) groups excluding carboxylic acids is 2. The predicted octanol–water partition coefficient (Wildman–Crippen LogP) is 1.65. The summed E-state index contributed by atoms with van der Waals surface area (Å²) in [5.41, 5.74) is 0.486. The summed E-state index contributed by atoms with van der Waals surface area (Å²) in [6.07, 6.45) is 0. The molecule has 2 heterocycles. The first-order valence-corrected chi connectivity index (χ1v) is 7.31. The Kier molecular flexibility index (Phi) is 3.64. The fourth-order valence-corrected chi connectivity index (χ4v) is 3.27. The fraction of sp³-hybridized carbons (Fsp3) is 0.133. The molecule has 0 atom stereocenters. The van der Waals surface area contributed by atoms with Crippen molar-refractivity contribution in [3.05, 3.63) is 45.6 Å². The second-order valence-corrected chi connectivity index (χ2v) is 5.66. The number of nitrogens with one attached hydrogen (secondary N) is 2. The molecule has 0 saturated carbocycles. The molecule has 0 fully saturated rings. The average Bonchev–Trinajstić information content (AvgIpc) is 2.98. The Morgan fingerprint density at radius 1 is 1.27 bits per heavy atom. The van der Waals surface area contributed by atoms with E-state index in [9.17, 15) is 14.4 Å². The molecule has 0 unspecified atom stereocenters. The van der Waals surface area contributed by atoms with Crippen molar-refractivity contribution in [2.45, 2.75) is 0 Å². The molecule has 1 aromatic carbocycles. The summed E-state index contributed by atoms with van der Waals surface area (Å²) >= 11 is 1.22. The van der Waals surface area contributed by atoms with E-state index >= 15 is 0 Å². The molecule has 1 amide bonds. The van der Waals surface area contributed by atoms with Crippen LogP contribution < -0.4 is 10.9 Å². The van der Waals surface area contributed by atoms with Crippen molar-refractivity contribution in [1.82, 2.24) is 10.3 Å². The molecule has 0 radical (unpaired) electrons. The Morgan fingerprint density at radius 2 is 2.05 bits per heavy atom. The van der Waals surface area contributed by atoms with E-state index in [2.05, 4.69) is 15.0 Å². The van der Waals surface area contributed by atoms with E-state index < -0.39 is 11.9 Å². The number of rotatable bonds is 3. The number of thiophene rings is 1. The highest BCUT2D eigenvalue weighted by Gasteiger charge is 2.15. The number of ether oxygens (including phenoxy) is 1. The zero-order valence-electron chi connectivity index (χ0n) is 11.6. The number of hydrogen-bond acceptors (Lipinski definition) is 5. The molecule has 3 rings (SSSR count). The van der Waals surface area contributed by atoms with Gasteiger partial charge in [0.25, 0.3) is 11.5 Å². The highest BCUT2D eigenvalue weighted by Crippen LogP contribution is 2.29. The van der Waals surface area contributed by atoms with Gasteiger partial charge < -0.3 is 15.0 Å². The molecule has 0 spiro atoms. The third-order valence-electron chi connectivity index (χ3n) is 3.24. The molecule has 6 nitrogen and oxygen atoms in total. The van der Waals surface area contributed by atoms with Gasteiger partial charge in [-0.2, -0.15) is 0 Å². The number of aromatic nitrogens is 1. The van der Waals surface area contributed by atoms with Gasteiger partial charge in [0.05, 0.1) is 17.4 Å². The number of carbonyl (C=O) groups is 2. The summed E-state index contributed by atoms with van der Waals surface area (Å²) in [5.74, 6) is -0.937. The van der Waals surface area contributed by atoms with Gasteiger partial charge in [0.15, 0.2) is 0 Å². The van der Waals surface area contributed by atoms with Crippen LogP contribution in [0.25, 0.3) is 21.0 Å². The molecule has 3 aromatic rings. The first kappa shape index (κ1) is 14.3. The van der Waals surface area contributed by atoms with Crippen molar-refractivity contribution >= 4 is 44.2 Å². The molecular weight excluding hydrogens is 304 g/mol. The van der Waals surface area contributed by atoms with Gasteiger partial charge in [-0.1, -0.05) is 18.2 Å². The number of pyridine rings is 1. The maximum Gasteiger partial charge on any atom is 0.325 e. The van der Waals surface area contributed by atoms with Crippen LogP contribution >= 0.6 is 11.3 Å². The second-order valence-electron chi connectivity index (χ2n) is 4.61. The van der Waals surface area contributed by atoms with Crippen molar-refractivity contribution in [1.29, 1.82) is 0 Å². The van der Waals surface area contributed by atoms with Crippen LogP contribution in [0.1, 0.15) is 9.67 Å². The summed E-state index contributed by atoms with van der Waals surface area (Å²) in [6, 6.07) is 8.95. The van der Waals surface area contributed by atoms with Crippen molar-refractivity contribution in [2.75, 3.05) is 13.7 Å². The van der Waals surface area contributed by atoms with E-state index in [1.807, 2.05) is 24.3 Å². The maximum atomic E-state index is 12.1. The van der Waals surface area contributed by atoms with Crippen molar-refractivity contribution < 1.29 is 14.3 Å². The van der Waals surface area contributed by atoms with Gasteiger partial charge in [-0.25, -0.2) is 0 Å². The Balaban J connectivity index is 2.04. The van der Waals surface area contributed by atoms with Crippen LogP contribution in [0.15, 0.2) is 35.1 Å². The van der Waals surface area contributed by atoms with E-state index in [1.165, 1.54) is 24.5 Å². The van der Waals surface area contributed by atoms with Gasteiger partial charge in [-0.3, -0.25) is 14.4 Å². The number of esters is 1. The van der Waals surface area contributed by atoms with Gasteiger partial charge in [0, 0.05) is 15.6 Å². The number of aromatic amines is 1. The van der Waals surface area contributed by atoms with Gasteiger partial charge >= 0.3 is 5.97 Å². The molecule has 0 aliphatic heterocycles. The molecule has 2 aromatic heterocycles. The molecule has 0 aliphatic rings. The maximum absolute atomic E-state index is 12.1. The van der Waals surface area contributed by atoms with Crippen LogP contribution in [0.5, 0.6) is 0 Å². The second kappa shape index (κ2) is 5.61. The number of fused-ring (bicyclic) bond motifs is 3. The van der Waals surface area contributed by atoms with Gasteiger partial charge in [-0.15, -0.1) is 11.3 Å². The van der Waals surface area contributed by atoms with Crippen molar-refractivity contribution in [3.8, 4) is 0 Å². The fourth-order valence-electron chi connectivity index (χ4n) is 2.16. The van der Waals surface area contributed by atoms with E-state index in [0.29, 0.717) is 10.3 Å². The Hall–Kier alpha value is -2.67. The number of amides is 1. The molecule has 7 heteroatoms. The third kappa shape index (κ3) is 2.46. The number of H-pyrrole nitrogens is 1. The third-order valence-corrected chi connectivity index (χ3v) is 4.41. The van der Waals surface area contributed by atoms with Gasteiger partial charge in [-0.05, 0) is 12.1 Å². The van der Waals surface area contributed by atoms with Crippen molar-refractivity contribution in [3.63, 3.8) is 0 Å². The number of methoxy groups -OCH3 is 1. The molecular formula is C15H12N2O4S. The van der Waals surface area contributed by atoms with Gasteiger partial charge in [0.1, 0.15) is 6.54 Å². The van der Waals surface area contributed by atoms with Crippen molar-refractivity contribution in [2.24, 2.45) is 0 Å². The highest BCUT2D eigenvalue weighted by atomic mass is 32.1. The summed E-state index contributed by atoms with van der Waals surface area (Å²) in [4.78, 5) is 38.4. The first-order chi connectivity index (χ1) is 10.6. The van der Waals surface area contributed by atoms with Crippen LogP contribution in [0.2, 0.25) is 0 Å². The molecule has 0 bridgehead atoms. The lowest BCUT2D eigenvalue weighted by atomic mass is 10.2. The number of benzene rings is 1. The minimum atomic E-state index is -0.530. The van der Waals surface area contributed by atoms with Crippen LogP contribution in [-0.4, -0.2) is 30.5 Å². The lowest BCUT2D eigenvalue weighted by Gasteiger charge is -2.00. The zero-order valence-corrected chi connectivity index (χ0v) is 12.5. The van der Waals surface area contributed by atoms with Gasteiger partial charge in [0.2, 0.25) is 0 Å². The normalized spacial score (nSPS) is 10.8. The van der Waals surface area contributed by atoms with Crippen LogP contribution in [0.3, 0.4) is 0 Å². The smallest absolute Gasteiger partial charge is 0.325 e. The first-order valence-electron chi connectivity index (χ1n) is 6.49. The Labute approximate surface area is 128 Å². The summed E-state index contributed by atoms with van der Waals surface area (Å²) in [5, 5.41) is 3.81. The van der Waals surface area contributed by atoms with E-state index in [-0.39, 0.29) is 12.1 Å². The molecule has 2 N–H and O–H groups in total. The minimum absolute atomic E-state index is 0.208. The van der Waals surface area contributed by atoms with Crippen LogP contribution in [-0.2, 0) is 9.53 Å². The Morgan fingerprint density at radius 3 is 2.82 bits per heavy atom. The quantitative estimate of drug-likeness (QED) is 0.719. The standard InChI is InChI=1S/C15H12N2O4S/c1-21-12(18)7-16-15(20)11-6-9-13(22-11)8-4-2-3-5-10(8)17-14(9)19/h2-6H,7H2,1H3,(H,16,20)(H,17,19). The summed E-state index contributed by atoms with van der Waals surface area (Å²) in [6.45, 7) is -0.208. The average molecular weight is 316 g/mol. The monoisotopic (exact) mass is 316 g/mol. The molecule has 0 aliphatic carbocycles. The topological polar surface area (TPSA) is 88.3 Å². The van der Waals surface area contributed by atoms with Crippen LogP contribution in [0, 0.1) is 0 Å². The largest absolute Gasteiger partial charge is 0.468 e. The zero-order chi connectivity index (χ0) is 15.7. The molecule has 22 heavy (non-hydrogen) atoms.